The molecule has 3 heteroatoms. The van der Waals surface area contributed by atoms with Crippen LogP contribution >= 0.6 is 15.9 Å². The Balaban J connectivity index is 2.59. The fourth-order valence-corrected chi connectivity index (χ4v) is 2.20. The lowest BCUT2D eigenvalue weighted by Crippen LogP contribution is -1.87. The second-order valence-corrected chi connectivity index (χ2v) is 4.44. The molecule has 0 atom stereocenters. The first-order valence-electron chi connectivity index (χ1n) is 4.79. The monoisotopic (exact) mass is 282 g/mol. The van der Waals surface area contributed by atoms with Crippen LogP contribution in [0.2, 0.25) is 0 Å². The molecule has 0 saturated carbocycles. The third-order valence-corrected chi connectivity index (χ3v) is 3.07. The Morgan fingerprint density at radius 1 is 0.875 bits per heavy atom. The van der Waals surface area contributed by atoms with Crippen LogP contribution in [0.3, 0.4) is 0 Å². The molecule has 16 heavy (non-hydrogen) atoms. The van der Waals surface area contributed by atoms with Crippen molar-refractivity contribution in [1.82, 2.24) is 0 Å². The van der Waals surface area contributed by atoms with Gasteiger partial charge in [-0.3, -0.25) is 0 Å². The van der Waals surface area contributed by atoms with Crippen molar-refractivity contribution in [3.8, 4) is 11.1 Å². The van der Waals surface area contributed by atoms with E-state index in [0.717, 1.165) is 16.7 Å². The first-order valence-corrected chi connectivity index (χ1v) is 5.59. The minimum absolute atomic E-state index is 0.264. The van der Waals surface area contributed by atoms with Crippen molar-refractivity contribution in [2.75, 3.05) is 0 Å². The largest absolute Gasteiger partial charge is 0.207 e. The molecule has 0 saturated heterocycles. The van der Waals surface area contributed by atoms with Gasteiger partial charge in [-0.2, -0.15) is 0 Å². The summed E-state index contributed by atoms with van der Waals surface area (Å²) in [7, 11) is 0. The van der Waals surface area contributed by atoms with Gasteiger partial charge in [0.25, 0.3) is 0 Å². The van der Waals surface area contributed by atoms with Gasteiger partial charge in [0, 0.05) is 4.47 Å². The minimum atomic E-state index is -0.296. The second-order valence-electron chi connectivity index (χ2n) is 3.58. The molecule has 0 unspecified atom stereocenters. The third kappa shape index (κ3) is 2.14. The molecule has 82 valence electrons. The van der Waals surface area contributed by atoms with Crippen molar-refractivity contribution in [1.29, 1.82) is 0 Å². The summed E-state index contributed by atoms with van der Waals surface area (Å²) in [6.45, 7) is 1.83. The van der Waals surface area contributed by atoms with Crippen LogP contribution in [0, 0.1) is 18.6 Å². The van der Waals surface area contributed by atoms with Crippen molar-refractivity contribution < 1.29 is 8.78 Å². The summed E-state index contributed by atoms with van der Waals surface area (Å²) in [6, 6.07) is 9.03. The summed E-state index contributed by atoms with van der Waals surface area (Å²) in [5.41, 5.74) is 2.58. The van der Waals surface area contributed by atoms with Gasteiger partial charge in [-0.05, 0) is 47.9 Å². The maximum atomic E-state index is 13.0. The average Bonchev–Trinajstić information content (AvgIpc) is 2.19. The molecular weight excluding hydrogens is 274 g/mol. The first-order chi connectivity index (χ1) is 7.58. The highest BCUT2D eigenvalue weighted by Crippen LogP contribution is 2.31. The molecule has 0 aliphatic heterocycles. The smallest absolute Gasteiger partial charge is 0.124 e. The third-order valence-electron chi connectivity index (χ3n) is 2.41. The minimum Gasteiger partial charge on any atom is -0.207 e. The van der Waals surface area contributed by atoms with E-state index in [1.54, 1.807) is 12.1 Å². The summed E-state index contributed by atoms with van der Waals surface area (Å²) in [6.07, 6.45) is 0. The van der Waals surface area contributed by atoms with Crippen molar-refractivity contribution >= 4 is 15.9 Å². The number of hydrogen-bond donors (Lipinski definition) is 0. The zero-order valence-electron chi connectivity index (χ0n) is 8.60. The SMILES string of the molecule is Cc1cc(F)ccc1-c1ccc(F)cc1Br. The quantitative estimate of drug-likeness (QED) is 0.711. The van der Waals surface area contributed by atoms with Crippen molar-refractivity contribution in [2.45, 2.75) is 6.92 Å². The van der Waals surface area contributed by atoms with Crippen molar-refractivity contribution in [3.05, 3.63) is 58.1 Å². The molecule has 0 N–H and O–H groups in total. The normalized spacial score (nSPS) is 10.5. The Kier molecular flexibility index (Phi) is 3.06. The van der Waals surface area contributed by atoms with E-state index < -0.39 is 0 Å². The Morgan fingerprint density at radius 3 is 2.00 bits per heavy atom. The molecule has 2 aromatic rings. The second kappa shape index (κ2) is 4.34. The van der Waals surface area contributed by atoms with Crippen LogP contribution in [0.1, 0.15) is 5.56 Å². The Bertz CT molecular complexity index is 486. The summed E-state index contributed by atoms with van der Waals surface area (Å²) in [4.78, 5) is 0. The van der Waals surface area contributed by atoms with Gasteiger partial charge in [-0.15, -0.1) is 0 Å². The van der Waals surface area contributed by atoms with Crippen molar-refractivity contribution in [2.24, 2.45) is 0 Å². The van der Waals surface area contributed by atoms with Crippen LogP contribution < -0.4 is 0 Å². The van der Waals surface area contributed by atoms with Gasteiger partial charge in [0.2, 0.25) is 0 Å². The van der Waals surface area contributed by atoms with Crippen LogP contribution in [-0.2, 0) is 0 Å². The lowest BCUT2D eigenvalue weighted by molar-refractivity contribution is 0.625. The molecule has 0 aliphatic carbocycles. The molecule has 0 fully saturated rings. The number of hydrogen-bond acceptors (Lipinski definition) is 0. The lowest BCUT2D eigenvalue weighted by atomic mass is 10.0. The van der Waals surface area contributed by atoms with E-state index in [-0.39, 0.29) is 11.6 Å². The molecule has 2 aromatic carbocycles. The maximum Gasteiger partial charge on any atom is 0.124 e. The zero-order valence-corrected chi connectivity index (χ0v) is 10.2. The molecule has 0 nitrogen and oxygen atoms in total. The topological polar surface area (TPSA) is 0 Å². The van der Waals surface area contributed by atoms with Crippen LogP contribution in [0.4, 0.5) is 8.78 Å². The fraction of sp³-hybridized carbons (Fsp3) is 0.0769. The Labute approximate surface area is 101 Å². The molecule has 0 aromatic heterocycles. The standard InChI is InChI=1S/C13H9BrF2/c1-8-6-9(15)2-4-11(8)12-5-3-10(16)7-13(12)14/h2-7H,1H3. The van der Waals surface area contributed by atoms with Gasteiger partial charge in [0.1, 0.15) is 11.6 Å². The van der Waals surface area contributed by atoms with Gasteiger partial charge >= 0.3 is 0 Å². The fourth-order valence-electron chi connectivity index (χ4n) is 1.64. The van der Waals surface area contributed by atoms with Gasteiger partial charge in [-0.25, -0.2) is 8.78 Å². The van der Waals surface area contributed by atoms with E-state index in [1.165, 1.54) is 24.3 Å². The van der Waals surface area contributed by atoms with Gasteiger partial charge in [-0.1, -0.05) is 28.1 Å². The zero-order chi connectivity index (χ0) is 11.7. The molecule has 0 amide bonds. The van der Waals surface area contributed by atoms with Crippen molar-refractivity contribution in [3.63, 3.8) is 0 Å². The number of halogens is 3. The van der Waals surface area contributed by atoms with Gasteiger partial charge in [0.05, 0.1) is 0 Å². The number of benzene rings is 2. The Hall–Kier alpha value is -1.22. The summed E-state index contributed by atoms with van der Waals surface area (Å²) < 4.78 is 26.6. The molecule has 2 rings (SSSR count). The summed E-state index contributed by atoms with van der Waals surface area (Å²) in [5, 5.41) is 0. The van der Waals surface area contributed by atoms with Crippen LogP contribution in [-0.4, -0.2) is 0 Å². The highest BCUT2D eigenvalue weighted by Gasteiger charge is 2.07. The van der Waals surface area contributed by atoms with E-state index >= 15 is 0 Å². The molecule has 0 heterocycles. The maximum absolute atomic E-state index is 13.0. The predicted molar refractivity (Wildman–Crippen MR) is 64.2 cm³/mol. The van der Waals surface area contributed by atoms with Crippen LogP contribution in [0.5, 0.6) is 0 Å². The van der Waals surface area contributed by atoms with E-state index in [9.17, 15) is 8.78 Å². The first kappa shape index (κ1) is 11.3. The molecular formula is C13H9BrF2. The molecule has 0 spiro atoms. The Morgan fingerprint density at radius 2 is 1.44 bits per heavy atom. The molecule has 0 radical (unpaired) electrons. The van der Waals surface area contributed by atoms with E-state index in [0.29, 0.717) is 4.47 Å². The summed E-state index contributed by atoms with van der Waals surface area (Å²) in [5.74, 6) is -0.560. The van der Waals surface area contributed by atoms with E-state index in [4.69, 9.17) is 0 Å². The van der Waals surface area contributed by atoms with Gasteiger partial charge < -0.3 is 0 Å². The van der Waals surface area contributed by atoms with Crippen LogP contribution in [0.25, 0.3) is 11.1 Å². The average molecular weight is 283 g/mol. The highest BCUT2D eigenvalue weighted by molar-refractivity contribution is 9.10. The van der Waals surface area contributed by atoms with Gasteiger partial charge in [0.15, 0.2) is 0 Å². The molecule has 0 bridgehead atoms. The molecule has 0 aliphatic rings. The number of aryl methyl sites for hydroxylation is 1. The van der Waals surface area contributed by atoms with E-state index in [2.05, 4.69) is 15.9 Å². The number of rotatable bonds is 1. The lowest BCUT2D eigenvalue weighted by Gasteiger charge is -2.08. The van der Waals surface area contributed by atoms with E-state index in [1.807, 2.05) is 6.92 Å². The summed E-state index contributed by atoms with van der Waals surface area (Å²) >= 11 is 3.30. The van der Waals surface area contributed by atoms with Crippen LogP contribution in [0.15, 0.2) is 40.9 Å². The predicted octanol–water partition coefficient (Wildman–Crippen LogP) is 4.70. The highest BCUT2D eigenvalue weighted by atomic mass is 79.9.